The number of carbonyl (C=O) groups excluding carboxylic acids is 1. The maximum Gasteiger partial charge on any atom is 0.246 e. The van der Waals surface area contributed by atoms with E-state index >= 15 is 0 Å². The molecule has 2 fully saturated rings. The molecule has 1 heterocycles. The van der Waals surface area contributed by atoms with Crippen LogP contribution < -0.4 is 15.4 Å². The van der Waals surface area contributed by atoms with E-state index in [1.54, 1.807) is 12.1 Å². The van der Waals surface area contributed by atoms with E-state index in [4.69, 9.17) is 4.74 Å². The Hall–Kier alpha value is -1.35. The maximum absolute atomic E-state index is 12.9. The fourth-order valence-electron chi connectivity index (χ4n) is 3.05. The summed E-state index contributed by atoms with van der Waals surface area (Å²) in [5.41, 5.74) is 0.462. The van der Waals surface area contributed by atoms with E-state index in [9.17, 15) is 13.2 Å². The van der Waals surface area contributed by atoms with Gasteiger partial charge in [0.2, 0.25) is 15.9 Å². The summed E-state index contributed by atoms with van der Waals surface area (Å²) in [5, 5.41) is 5.89. The number of ether oxygens (including phenoxy) is 1. The van der Waals surface area contributed by atoms with Crippen LogP contribution in [-0.4, -0.2) is 51.4 Å². The van der Waals surface area contributed by atoms with Gasteiger partial charge in [0.25, 0.3) is 0 Å². The molecule has 1 saturated heterocycles. The highest BCUT2D eigenvalue weighted by atomic mass is 35.5. The number of benzene rings is 1. The van der Waals surface area contributed by atoms with Crippen molar-refractivity contribution in [2.75, 3.05) is 38.1 Å². The molecule has 152 valence electrons. The standard InChI is InChI=1S/C18H27N3O4S.ClH/c1-2-25-16-8-7-15(20-18(22)13-19-12-14-5-6-14)11-17(16)26(23,24)21-9-3-4-10-21;/h7-8,11,14,19H,2-6,9-10,12-13H2,1H3,(H,20,22);1H. The highest BCUT2D eigenvalue weighted by molar-refractivity contribution is 7.89. The molecule has 0 atom stereocenters. The van der Waals surface area contributed by atoms with Gasteiger partial charge in [-0.05, 0) is 63.3 Å². The number of halogens is 1. The number of amides is 1. The van der Waals surface area contributed by atoms with E-state index < -0.39 is 10.0 Å². The van der Waals surface area contributed by atoms with Crippen molar-refractivity contribution in [3.63, 3.8) is 0 Å². The first kappa shape index (κ1) is 21.9. The third-order valence-corrected chi connectivity index (χ3v) is 6.55. The average Bonchev–Trinajstić information content (AvgIpc) is 3.25. The van der Waals surface area contributed by atoms with Crippen LogP contribution in [0, 0.1) is 5.92 Å². The molecule has 1 aromatic carbocycles. The molecular weight excluding hydrogens is 390 g/mol. The molecule has 2 N–H and O–H groups in total. The number of nitrogens with one attached hydrogen (secondary N) is 2. The normalized spacial score (nSPS) is 17.4. The van der Waals surface area contributed by atoms with Crippen LogP contribution in [0.25, 0.3) is 0 Å². The van der Waals surface area contributed by atoms with Gasteiger partial charge in [-0.25, -0.2) is 8.42 Å². The lowest BCUT2D eigenvalue weighted by Gasteiger charge is -2.19. The van der Waals surface area contributed by atoms with E-state index in [0.717, 1.165) is 19.4 Å². The van der Waals surface area contributed by atoms with Gasteiger partial charge in [-0.2, -0.15) is 4.31 Å². The van der Waals surface area contributed by atoms with Crippen molar-refractivity contribution < 1.29 is 17.9 Å². The lowest BCUT2D eigenvalue weighted by molar-refractivity contribution is -0.115. The molecule has 1 aliphatic heterocycles. The van der Waals surface area contributed by atoms with Crippen LogP contribution >= 0.6 is 12.4 Å². The van der Waals surface area contributed by atoms with Gasteiger partial charge in [0.1, 0.15) is 10.6 Å². The molecular formula is C18H28ClN3O4S. The first-order valence-electron chi connectivity index (χ1n) is 9.28. The Morgan fingerprint density at radius 1 is 1.26 bits per heavy atom. The van der Waals surface area contributed by atoms with E-state index in [-0.39, 0.29) is 29.8 Å². The average molecular weight is 418 g/mol. The molecule has 9 heteroatoms. The first-order valence-corrected chi connectivity index (χ1v) is 10.7. The van der Waals surface area contributed by atoms with Crippen LogP contribution in [0.1, 0.15) is 32.6 Å². The summed E-state index contributed by atoms with van der Waals surface area (Å²) in [4.78, 5) is 12.2. The van der Waals surface area contributed by atoms with Gasteiger partial charge < -0.3 is 15.4 Å². The molecule has 3 rings (SSSR count). The predicted molar refractivity (Wildman–Crippen MR) is 107 cm³/mol. The second-order valence-electron chi connectivity index (χ2n) is 6.83. The molecule has 1 amide bonds. The fraction of sp³-hybridized carbons (Fsp3) is 0.611. The lowest BCUT2D eigenvalue weighted by Crippen LogP contribution is -2.30. The lowest BCUT2D eigenvalue weighted by atomic mass is 10.3. The Morgan fingerprint density at radius 2 is 1.96 bits per heavy atom. The zero-order valence-corrected chi connectivity index (χ0v) is 17.2. The van der Waals surface area contributed by atoms with Crippen molar-refractivity contribution in [3.8, 4) is 5.75 Å². The first-order chi connectivity index (χ1) is 12.5. The SMILES string of the molecule is CCOc1ccc(NC(=O)CNCC2CC2)cc1S(=O)(=O)N1CCCC1.Cl. The third kappa shape index (κ3) is 5.81. The number of hydrogen-bond donors (Lipinski definition) is 2. The minimum Gasteiger partial charge on any atom is -0.492 e. The monoisotopic (exact) mass is 417 g/mol. The number of sulfonamides is 1. The molecule has 1 aliphatic carbocycles. The van der Waals surface area contributed by atoms with E-state index in [1.807, 2.05) is 6.92 Å². The molecule has 27 heavy (non-hydrogen) atoms. The van der Waals surface area contributed by atoms with Crippen molar-refractivity contribution in [2.45, 2.75) is 37.5 Å². The second kappa shape index (κ2) is 9.73. The van der Waals surface area contributed by atoms with Crippen LogP contribution in [0.15, 0.2) is 23.1 Å². The molecule has 2 aliphatic rings. The smallest absolute Gasteiger partial charge is 0.246 e. The molecule has 0 radical (unpaired) electrons. The fourth-order valence-corrected chi connectivity index (χ4v) is 4.72. The zero-order valence-electron chi connectivity index (χ0n) is 15.6. The molecule has 7 nitrogen and oxygen atoms in total. The molecule has 0 aromatic heterocycles. The summed E-state index contributed by atoms with van der Waals surface area (Å²) >= 11 is 0. The number of hydrogen-bond acceptors (Lipinski definition) is 5. The molecule has 1 aromatic rings. The Balaban J connectivity index is 0.00000261. The summed E-state index contributed by atoms with van der Waals surface area (Å²) in [6.07, 6.45) is 4.19. The second-order valence-corrected chi connectivity index (χ2v) is 8.73. The minimum atomic E-state index is -3.63. The number of rotatable bonds is 9. The Kier molecular flexibility index (Phi) is 7.91. The van der Waals surface area contributed by atoms with Gasteiger partial charge in [-0.3, -0.25) is 4.79 Å². The molecule has 0 bridgehead atoms. The van der Waals surface area contributed by atoms with Crippen LogP contribution in [0.2, 0.25) is 0 Å². The van der Waals surface area contributed by atoms with Gasteiger partial charge in [-0.1, -0.05) is 0 Å². The topological polar surface area (TPSA) is 87.7 Å². The summed E-state index contributed by atoms with van der Waals surface area (Å²) in [5.74, 6) is 0.842. The molecule has 1 saturated carbocycles. The van der Waals surface area contributed by atoms with Crippen molar-refractivity contribution in [1.82, 2.24) is 9.62 Å². The predicted octanol–water partition coefficient (Wildman–Crippen LogP) is 2.23. The zero-order chi connectivity index (χ0) is 18.6. The van der Waals surface area contributed by atoms with Crippen molar-refractivity contribution in [1.29, 1.82) is 0 Å². The van der Waals surface area contributed by atoms with Crippen molar-refractivity contribution in [3.05, 3.63) is 18.2 Å². The summed E-state index contributed by atoms with van der Waals surface area (Å²) < 4.78 is 32.9. The summed E-state index contributed by atoms with van der Waals surface area (Å²) in [6.45, 7) is 4.31. The quantitative estimate of drug-likeness (QED) is 0.643. The van der Waals surface area contributed by atoms with Crippen LogP contribution in [0.3, 0.4) is 0 Å². The van der Waals surface area contributed by atoms with E-state index in [1.165, 1.54) is 23.2 Å². The number of carbonyl (C=O) groups is 1. The van der Waals surface area contributed by atoms with Crippen LogP contribution in [-0.2, 0) is 14.8 Å². The Labute approximate surface area is 167 Å². The van der Waals surface area contributed by atoms with Gasteiger partial charge in [0.05, 0.1) is 13.2 Å². The van der Waals surface area contributed by atoms with E-state index in [0.29, 0.717) is 37.1 Å². The third-order valence-electron chi connectivity index (χ3n) is 4.63. The number of anilines is 1. The Bertz CT molecular complexity index is 747. The molecule has 0 spiro atoms. The van der Waals surface area contributed by atoms with Gasteiger partial charge in [0, 0.05) is 18.8 Å². The highest BCUT2D eigenvalue weighted by Crippen LogP contribution is 2.31. The van der Waals surface area contributed by atoms with Crippen LogP contribution in [0.4, 0.5) is 5.69 Å². The minimum absolute atomic E-state index is 0. The maximum atomic E-state index is 12.9. The van der Waals surface area contributed by atoms with Crippen molar-refractivity contribution >= 4 is 34.0 Å². The van der Waals surface area contributed by atoms with Crippen LogP contribution in [0.5, 0.6) is 5.75 Å². The van der Waals surface area contributed by atoms with Gasteiger partial charge in [0.15, 0.2) is 0 Å². The van der Waals surface area contributed by atoms with Crippen molar-refractivity contribution in [2.24, 2.45) is 5.92 Å². The molecule has 0 unspecified atom stereocenters. The van der Waals surface area contributed by atoms with E-state index in [2.05, 4.69) is 10.6 Å². The number of nitrogens with zero attached hydrogens (tertiary/aromatic N) is 1. The summed E-state index contributed by atoms with van der Waals surface area (Å²) in [6, 6.07) is 4.78. The Morgan fingerprint density at radius 3 is 2.59 bits per heavy atom. The summed E-state index contributed by atoms with van der Waals surface area (Å²) in [7, 11) is -3.63. The van der Waals surface area contributed by atoms with Gasteiger partial charge >= 0.3 is 0 Å². The highest BCUT2D eigenvalue weighted by Gasteiger charge is 2.30. The largest absolute Gasteiger partial charge is 0.492 e. The van der Waals surface area contributed by atoms with Gasteiger partial charge in [-0.15, -0.1) is 12.4 Å².